The van der Waals surface area contributed by atoms with E-state index in [0.29, 0.717) is 28.2 Å². The van der Waals surface area contributed by atoms with Crippen molar-refractivity contribution in [3.8, 4) is 17.4 Å². The molecule has 0 fully saturated rings. The Kier molecular flexibility index (Phi) is 6.51. The van der Waals surface area contributed by atoms with E-state index in [1.165, 1.54) is 12.4 Å². The van der Waals surface area contributed by atoms with Crippen molar-refractivity contribution >= 4 is 29.3 Å². The number of benzene rings is 2. The van der Waals surface area contributed by atoms with Crippen molar-refractivity contribution in [1.82, 2.24) is 19.7 Å². The molecule has 166 valence electrons. The highest BCUT2D eigenvalue weighted by molar-refractivity contribution is 6.30. The summed E-state index contributed by atoms with van der Waals surface area (Å²) in [6, 6.07) is 16.0. The molecule has 4 rings (SSSR count). The molecular formula is C25H22ClN5O2. The number of nitrogens with zero attached hydrogens (tertiary/aromatic N) is 4. The van der Waals surface area contributed by atoms with Crippen LogP contribution >= 0.6 is 11.6 Å². The summed E-state index contributed by atoms with van der Waals surface area (Å²) in [5.74, 6) is 1.37. The monoisotopic (exact) mass is 459 g/mol. The van der Waals surface area contributed by atoms with E-state index in [2.05, 4.69) is 20.4 Å². The van der Waals surface area contributed by atoms with Crippen molar-refractivity contribution in [3.05, 3.63) is 94.5 Å². The predicted molar refractivity (Wildman–Crippen MR) is 129 cm³/mol. The molecule has 1 N–H and O–H groups in total. The van der Waals surface area contributed by atoms with Gasteiger partial charge in [-0.2, -0.15) is 5.10 Å². The van der Waals surface area contributed by atoms with Crippen LogP contribution in [0.15, 0.2) is 67.0 Å². The van der Waals surface area contributed by atoms with Crippen LogP contribution in [0.5, 0.6) is 11.6 Å². The molecule has 2 heterocycles. The van der Waals surface area contributed by atoms with Crippen molar-refractivity contribution in [2.24, 2.45) is 0 Å². The summed E-state index contributed by atoms with van der Waals surface area (Å²) in [6.45, 7) is 5.99. The molecule has 0 aliphatic rings. The number of aryl methyl sites for hydroxylation is 1. The van der Waals surface area contributed by atoms with Crippen LogP contribution in [0.25, 0.3) is 11.9 Å². The summed E-state index contributed by atoms with van der Waals surface area (Å²) in [5, 5.41) is 7.99. The average Bonchev–Trinajstić information content (AvgIpc) is 3.07. The number of carbonyl (C=O) groups excluding carboxylic acids is 1. The largest absolute Gasteiger partial charge is 0.439 e. The lowest BCUT2D eigenvalue weighted by molar-refractivity contribution is -0.111. The number of hydrogen-bond acceptors (Lipinski definition) is 5. The van der Waals surface area contributed by atoms with Gasteiger partial charge in [-0.3, -0.25) is 4.79 Å². The van der Waals surface area contributed by atoms with E-state index in [1.807, 2.05) is 32.9 Å². The molecular weight excluding hydrogens is 438 g/mol. The third kappa shape index (κ3) is 5.45. The average molecular weight is 460 g/mol. The minimum absolute atomic E-state index is 0.237. The van der Waals surface area contributed by atoms with Gasteiger partial charge >= 0.3 is 0 Å². The molecule has 0 spiro atoms. The van der Waals surface area contributed by atoms with Crippen LogP contribution in [0.3, 0.4) is 0 Å². The van der Waals surface area contributed by atoms with Gasteiger partial charge in [-0.25, -0.2) is 14.6 Å². The summed E-state index contributed by atoms with van der Waals surface area (Å²) in [5.41, 5.74) is 4.63. The van der Waals surface area contributed by atoms with E-state index in [9.17, 15) is 4.79 Å². The molecule has 0 unspecified atom stereocenters. The second-order valence-electron chi connectivity index (χ2n) is 7.42. The Hall–Kier alpha value is -3.97. The van der Waals surface area contributed by atoms with E-state index in [4.69, 9.17) is 16.3 Å². The van der Waals surface area contributed by atoms with Gasteiger partial charge in [0.1, 0.15) is 12.1 Å². The Morgan fingerprint density at radius 3 is 2.42 bits per heavy atom. The lowest BCUT2D eigenvalue weighted by atomic mass is 10.2. The molecule has 0 aliphatic carbocycles. The van der Waals surface area contributed by atoms with Gasteiger partial charge in [0.25, 0.3) is 0 Å². The first-order chi connectivity index (χ1) is 15.9. The fourth-order valence-corrected chi connectivity index (χ4v) is 3.23. The Bertz CT molecular complexity index is 1310. The maximum Gasteiger partial charge on any atom is 0.248 e. The van der Waals surface area contributed by atoms with Gasteiger partial charge in [0.2, 0.25) is 11.8 Å². The topological polar surface area (TPSA) is 81.9 Å². The lowest BCUT2D eigenvalue weighted by Crippen LogP contribution is -2.07. The van der Waals surface area contributed by atoms with Gasteiger partial charge in [0, 0.05) is 28.5 Å². The zero-order chi connectivity index (χ0) is 23.4. The molecule has 1 amide bonds. The van der Waals surface area contributed by atoms with Gasteiger partial charge in [-0.15, -0.1) is 0 Å². The number of halogens is 1. The zero-order valence-electron chi connectivity index (χ0n) is 18.4. The van der Waals surface area contributed by atoms with E-state index in [1.54, 1.807) is 53.2 Å². The van der Waals surface area contributed by atoms with Crippen LogP contribution < -0.4 is 10.1 Å². The Balaban J connectivity index is 1.40. The molecule has 0 saturated heterocycles. The van der Waals surface area contributed by atoms with Crippen LogP contribution in [0.2, 0.25) is 5.02 Å². The molecule has 33 heavy (non-hydrogen) atoms. The Labute approximate surface area is 196 Å². The van der Waals surface area contributed by atoms with Gasteiger partial charge in [0.15, 0.2) is 5.82 Å². The van der Waals surface area contributed by atoms with Crippen molar-refractivity contribution < 1.29 is 9.53 Å². The number of aromatic nitrogens is 4. The highest BCUT2D eigenvalue weighted by Crippen LogP contribution is 2.23. The SMILES string of the molecule is Cc1nn(-c2cc(Oc3ccc(NC(=O)/C=C/c4ccc(Cl)cc4)cc3)ncn2)c(C)c1C. The van der Waals surface area contributed by atoms with Crippen LogP contribution in [-0.4, -0.2) is 25.7 Å². The predicted octanol–water partition coefficient (Wildman–Crippen LogP) is 5.69. The van der Waals surface area contributed by atoms with Crippen LogP contribution in [0, 0.1) is 20.8 Å². The first-order valence-electron chi connectivity index (χ1n) is 10.3. The van der Waals surface area contributed by atoms with Crippen molar-refractivity contribution in [3.63, 3.8) is 0 Å². The summed E-state index contributed by atoms with van der Waals surface area (Å²) >= 11 is 5.87. The molecule has 0 radical (unpaired) electrons. The third-order valence-electron chi connectivity index (χ3n) is 5.14. The zero-order valence-corrected chi connectivity index (χ0v) is 19.2. The quantitative estimate of drug-likeness (QED) is 0.375. The molecule has 8 heteroatoms. The van der Waals surface area contributed by atoms with E-state index < -0.39 is 0 Å². The second-order valence-corrected chi connectivity index (χ2v) is 7.86. The number of ether oxygens (including phenoxy) is 1. The van der Waals surface area contributed by atoms with Crippen molar-refractivity contribution in [2.75, 3.05) is 5.32 Å². The standard InChI is InChI=1S/C25H22ClN5O2/c1-16-17(2)30-31(18(16)3)23-14-25(28-15-27-23)33-22-11-9-21(10-12-22)29-24(32)13-6-19-4-7-20(26)8-5-19/h4-15H,1-3H3,(H,29,32)/b13-6+. The number of anilines is 1. The van der Waals surface area contributed by atoms with Crippen LogP contribution in [0.1, 0.15) is 22.5 Å². The summed E-state index contributed by atoms with van der Waals surface area (Å²) in [7, 11) is 0. The number of amides is 1. The highest BCUT2D eigenvalue weighted by atomic mass is 35.5. The molecule has 7 nitrogen and oxygen atoms in total. The smallest absolute Gasteiger partial charge is 0.248 e. The molecule has 0 atom stereocenters. The first kappa shape index (κ1) is 22.2. The number of hydrogen-bond donors (Lipinski definition) is 1. The fraction of sp³-hybridized carbons (Fsp3) is 0.120. The van der Waals surface area contributed by atoms with Crippen LogP contribution in [-0.2, 0) is 4.79 Å². The highest BCUT2D eigenvalue weighted by Gasteiger charge is 2.11. The van der Waals surface area contributed by atoms with Crippen molar-refractivity contribution in [1.29, 1.82) is 0 Å². The molecule has 4 aromatic rings. The number of nitrogens with one attached hydrogen (secondary N) is 1. The minimum Gasteiger partial charge on any atom is -0.439 e. The minimum atomic E-state index is -0.237. The molecule has 2 aromatic carbocycles. The van der Waals surface area contributed by atoms with E-state index in [0.717, 1.165) is 22.5 Å². The maximum absolute atomic E-state index is 12.2. The van der Waals surface area contributed by atoms with Crippen molar-refractivity contribution in [2.45, 2.75) is 20.8 Å². The van der Waals surface area contributed by atoms with Gasteiger partial charge < -0.3 is 10.1 Å². The normalized spacial score (nSPS) is 11.0. The van der Waals surface area contributed by atoms with E-state index in [-0.39, 0.29) is 5.91 Å². The summed E-state index contributed by atoms with van der Waals surface area (Å²) in [4.78, 5) is 20.7. The number of carbonyl (C=O) groups is 1. The summed E-state index contributed by atoms with van der Waals surface area (Å²) in [6.07, 6.45) is 4.63. The first-order valence-corrected chi connectivity index (χ1v) is 10.6. The third-order valence-corrected chi connectivity index (χ3v) is 5.39. The van der Waals surface area contributed by atoms with Crippen LogP contribution in [0.4, 0.5) is 5.69 Å². The van der Waals surface area contributed by atoms with Gasteiger partial charge in [-0.05, 0) is 74.4 Å². The summed E-state index contributed by atoms with van der Waals surface area (Å²) < 4.78 is 7.64. The maximum atomic E-state index is 12.2. The Morgan fingerprint density at radius 2 is 1.76 bits per heavy atom. The fourth-order valence-electron chi connectivity index (χ4n) is 3.10. The number of rotatable bonds is 6. The van der Waals surface area contributed by atoms with E-state index >= 15 is 0 Å². The van der Waals surface area contributed by atoms with Gasteiger partial charge in [-0.1, -0.05) is 23.7 Å². The molecule has 0 aliphatic heterocycles. The molecule has 0 saturated carbocycles. The van der Waals surface area contributed by atoms with Gasteiger partial charge in [0.05, 0.1) is 5.69 Å². The molecule has 0 bridgehead atoms. The second kappa shape index (κ2) is 9.67. The molecule has 2 aromatic heterocycles. The lowest BCUT2D eigenvalue weighted by Gasteiger charge is -2.08. The Morgan fingerprint density at radius 1 is 1.03 bits per heavy atom.